The zero-order valence-corrected chi connectivity index (χ0v) is 15.0. The predicted molar refractivity (Wildman–Crippen MR) is 97.0 cm³/mol. The van der Waals surface area contributed by atoms with Crippen molar-refractivity contribution in [3.63, 3.8) is 0 Å². The summed E-state index contributed by atoms with van der Waals surface area (Å²) in [5, 5.41) is 4.53. The molecule has 0 fully saturated rings. The van der Waals surface area contributed by atoms with Gasteiger partial charge in [-0.25, -0.2) is 5.43 Å². The highest BCUT2D eigenvalue weighted by molar-refractivity contribution is 6.30. The van der Waals surface area contributed by atoms with Gasteiger partial charge in [0.05, 0.1) is 20.4 Å². The lowest BCUT2D eigenvalue weighted by molar-refractivity contribution is -0.123. The van der Waals surface area contributed by atoms with Gasteiger partial charge in [-0.3, -0.25) is 4.79 Å². The van der Waals surface area contributed by atoms with Gasteiger partial charge >= 0.3 is 0 Å². The van der Waals surface area contributed by atoms with Gasteiger partial charge in [-0.1, -0.05) is 11.6 Å². The van der Waals surface area contributed by atoms with E-state index in [2.05, 4.69) is 10.5 Å². The van der Waals surface area contributed by atoms with Crippen LogP contribution in [-0.2, 0) is 4.79 Å². The molecular weight excluding hydrogens is 344 g/mol. The summed E-state index contributed by atoms with van der Waals surface area (Å²) in [5.74, 6) is 1.48. The van der Waals surface area contributed by atoms with Crippen molar-refractivity contribution in [1.82, 2.24) is 5.43 Å². The van der Waals surface area contributed by atoms with Crippen molar-refractivity contribution in [2.24, 2.45) is 5.10 Å². The Hall–Kier alpha value is -2.73. The Morgan fingerprint density at radius 1 is 1.16 bits per heavy atom. The lowest BCUT2D eigenvalue weighted by Gasteiger charge is -2.08. The first kappa shape index (κ1) is 18.6. The number of hydrogen-bond acceptors (Lipinski definition) is 5. The molecule has 0 heterocycles. The largest absolute Gasteiger partial charge is 0.497 e. The summed E-state index contributed by atoms with van der Waals surface area (Å²) in [5.41, 5.74) is 3.96. The second kappa shape index (κ2) is 8.94. The minimum absolute atomic E-state index is 0.153. The van der Waals surface area contributed by atoms with Gasteiger partial charge in [0, 0.05) is 16.7 Å². The van der Waals surface area contributed by atoms with Crippen molar-refractivity contribution >= 4 is 23.7 Å². The van der Waals surface area contributed by atoms with Crippen LogP contribution in [0.5, 0.6) is 17.2 Å². The van der Waals surface area contributed by atoms with E-state index in [0.717, 1.165) is 5.56 Å². The Morgan fingerprint density at radius 2 is 1.96 bits per heavy atom. The third-order valence-corrected chi connectivity index (χ3v) is 3.56. The Kier molecular flexibility index (Phi) is 6.65. The van der Waals surface area contributed by atoms with Crippen LogP contribution in [0, 0.1) is 6.92 Å². The van der Waals surface area contributed by atoms with E-state index in [0.29, 0.717) is 27.8 Å². The summed E-state index contributed by atoms with van der Waals surface area (Å²) in [6.07, 6.45) is 1.49. The molecule has 1 N–H and O–H groups in total. The molecule has 0 atom stereocenters. The predicted octanol–water partition coefficient (Wildman–Crippen LogP) is 3.19. The summed E-state index contributed by atoms with van der Waals surface area (Å²) >= 11 is 5.88. The fraction of sp³-hybridized carbons (Fsp3) is 0.222. The van der Waals surface area contributed by atoms with Crippen LogP contribution in [0.1, 0.15) is 11.1 Å². The molecule has 132 valence electrons. The summed E-state index contributed by atoms with van der Waals surface area (Å²) < 4.78 is 15.8. The maximum atomic E-state index is 11.8. The van der Waals surface area contributed by atoms with Crippen LogP contribution in [0.3, 0.4) is 0 Å². The quantitative estimate of drug-likeness (QED) is 0.606. The van der Waals surface area contributed by atoms with Crippen LogP contribution in [0.4, 0.5) is 0 Å². The number of nitrogens with one attached hydrogen (secondary N) is 1. The molecule has 0 aliphatic carbocycles. The van der Waals surface area contributed by atoms with E-state index in [4.69, 9.17) is 25.8 Å². The van der Waals surface area contributed by atoms with Crippen LogP contribution in [0.25, 0.3) is 0 Å². The van der Waals surface area contributed by atoms with Crippen molar-refractivity contribution in [2.45, 2.75) is 6.92 Å². The average Bonchev–Trinajstić information content (AvgIpc) is 2.61. The van der Waals surface area contributed by atoms with Crippen molar-refractivity contribution < 1.29 is 19.0 Å². The second-order valence-corrected chi connectivity index (χ2v) is 5.54. The topological polar surface area (TPSA) is 69.2 Å². The molecule has 7 heteroatoms. The highest BCUT2D eigenvalue weighted by atomic mass is 35.5. The van der Waals surface area contributed by atoms with E-state index in [1.54, 1.807) is 50.6 Å². The molecule has 0 saturated heterocycles. The summed E-state index contributed by atoms with van der Waals surface area (Å²) in [4.78, 5) is 11.8. The highest BCUT2D eigenvalue weighted by Crippen LogP contribution is 2.23. The number of methoxy groups -OCH3 is 2. The molecule has 0 aliphatic heterocycles. The number of nitrogens with zero attached hydrogens (tertiary/aromatic N) is 1. The van der Waals surface area contributed by atoms with E-state index < -0.39 is 0 Å². The van der Waals surface area contributed by atoms with Crippen LogP contribution >= 0.6 is 11.6 Å². The summed E-state index contributed by atoms with van der Waals surface area (Å²) in [6.45, 7) is 1.70. The molecule has 2 aromatic rings. The van der Waals surface area contributed by atoms with Crippen molar-refractivity contribution in [3.8, 4) is 17.2 Å². The molecule has 0 saturated carbocycles. The van der Waals surface area contributed by atoms with Crippen molar-refractivity contribution in [2.75, 3.05) is 20.8 Å². The summed E-state index contributed by atoms with van der Waals surface area (Å²) in [6, 6.07) is 10.5. The zero-order valence-electron chi connectivity index (χ0n) is 14.2. The van der Waals surface area contributed by atoms with Gasteiger partial charge < -0.3 is 14.2 Å². The first-order valence-corrected chi connectivity index (χ1v) is 7.84. The van der Waals surface area contributed by atoms with Crippen LogP contribution < -0.4 is 19.6 Å². The fourth-order valence-electron chi connectivity index (χ4n) is 2.05. The molecule has 0 unspecified atom stereocenters. The van der Waals surface area contributed by atoms with Gasteiger partial charge in [-0.2, -0.15) is 5.10 Å². The van der Waals surface area contributed by atoms with Crippen molar-refractivity contribution in [1.29, 1.82) is 0 Å². The lowest BCUT2D eigenvalue weighted by atomic mass is 10.2. The smallest absolute Gasteiger partial charge is 0.277 e. The zero-order chi connectivity index (χ0) is 18.2. The van der Waals surface area contributed by atoms with E-state index in [-0.39, 0.29) is 12.5 Å². The molecule has 1 amide bonds. The van der Waals surface area contributed by atoms with Crippen LogP contribution in [-0.4, -0.2) is 32.9 Å². The van der Waals surface area contributed by atoms with Gasteiger partial charge in [-0.05, 0) is 42.8 Å². The van der Waals surface area contributed by atoms with Gasteiger partial charge in [0.1, 0.15) is 17.2 Å². The molecule has 2 aromatic carbocycles. The number of carbonyl (C=O) groups is 1. The maximum Gasteiger partial charge on any atom is 0.277 e. The Bertz CT molecular complexity index is 778. The van der Waals surface area contributed by atoms with Crippen LogP contribution in [0.15, 0.2) is 41.5 Å². The van der Waals surface area contributed by atoms with Crippen molar-refractivity contribution in [3.05, 3.63) is 52.5 Å². The minimum atomic E-state index is -0.377. The molecule has 0 radical (unpaired) electrons. The number of rotatable bonds is 7. The first-order chi connectivity index (χ1) is 12.0. The standard InChI is InChI=1S/C18H19ClN2O4/c1-12-8-14(19)5-7-16(12)25-11-18(22)21-20-10-13-4-6-15(23-2)9-17(13)24-3/h4-10H,11H2,1-3H3,(H,21,22)/b20-10-. The third-order valence-electron chi connectivity index (χ3n) is 3.33. The van der Waals surface area contributed by atoms with Gasteiger partial charge in [-0.15, -0.1) is 0 Å². The Balaban J connectivity index is 1.90. The average molecular weight is 363 g/mol. The van der Waals surface area contributed by atoms with E-state index >= 15 is 0 Å². The number of hydrazone groups is 1. The number of halogens is 1. The maximum absolute atomic E-state index is 11.8. The summed E-state index contributed by atoms with van der Waals surface area (Å²) in [7, 11) is 3.12. The first-order valence-electron chi connectivity index (χ1n) is 7.46. The molecule has 0 aromatic heterocycles. The number of aryl methyl sites for hydroxylation is 1. The third kappa shape index (κ3) is 5.39. The van der Waals surface area contributed by atoms with Gasteiger partial charge in [0.15, 0.2) is 6.61 Å². The Labute approximate surface area is 151 Å². The fourth-order valence-corrected chi connectivity index (χ4v) is 2.28. The molecule has 25 heavy (non-hydrogen) atoms. The SMILES string of the molecule is COc1ccc(/C=N\NC(=O)COc2ccc(Cl)cc2C)c(OC)c1. The molecule has 2 rings (SSSR count). The van der Waals surface area contributed by atoms with Gasteiger partial charge in [0.2, 0.25) is 0 Å². The molecule has 0 bridgehead atoms. The monoisotopic (exact) mass is 362 g/mol. The number of carbonyl (C=O) groups excluding carboxylic acids is 1. The number of benzene rings is 2. The van der Waals surface area contributed by atoms with Crippen LogP contribution in [0.2, 0.25) is 5.02 Å². The number of hydrogen-bond donors (Lipinski definition) is 1. The lowest BCUT2D eigenvalue weighted by Crippen LogP contribution is -2.24. The number of ether oxygens (including phenoxy) is 3. The normalized spacial score (nSPS) is 10.6. The van der Waals surface area contributed by atoms with E-state index in [9.17, 15) is 4.79 Å². The minimum Gasteiger partial charge on any atom is -0.497 e. The molecular formula is C18H19ClN2O4. The number of amides is 1. The molecule has 0 spiro atoms. The van der Waals surface area contributed by atoms with Gasteiger partial charge in [0.25, 0.3) is 5.91 Å². The van der Waals surface area contributed by atoms with E-state index in [1.165, 1.54) is 6.21 Å². The molecule has 6 nitrogen and oxygen atoms in total. The molecule has 0 aliphatic rings. The second-order valence-electron chi connectivity index (χ2n) is 5.10. The highest BCUT2D eigenvalue weighted by Gasteiger charge is 2.06. The Morgan fingerprint density at radius 3 is 2.64 bits per heavy atom. The van der Waals surface area contributed by atoms with E-state index in [1.807, 2.05) is 6.92 Å².